The van der Waals surface area contributed by atoms with E-state index in [0.717, 1.165) is 50.2 Å². The van der Waals surface area contributed by atoms with Crippen LogP contribution in [0.2, 0.25) is 0 Å². The molecule has 0 atom stereocenters. The fourth-order valence-corrected chi connectivity index (χ4v) is 4.52. The number of fused-ring (bicyclic) bond motifs is 1. The van der Waals surface area contributed by atoms with Crippen molar-refractivity contribution in [1.82, 2.24) is 15.2 Å². The van der Waals surface area contributed by atoms with Gasteiger partial charge in [0.15, 0.2) is 17.1 Å². The summed E-state index contributed by atoms with van der Waals surface area (Å²) >= 11 is 0. The van der Waals surface area contributed by atoms with Crippen LogP contribution in [0, 0.1) is 0 Å². The third kappa shape index (κ3) is 4.01. The Hall–Kier alpha value is -3.79. The number of hydrogen-bond acceptors (Lipinski definition) is 8. The molecular formula is C24H26N6O4. The van der Waals surface area contributed by atoms with Crippen LogP contribution >= 0.6 is 0 Å². The van der Waals surface area contributed by atoms with E-state index in [2.05, 4.69) is 25.3 Å². The van der Waals surface area contributed by atoms with Crippen molar-refractivity contribution < 1.29 is 18.4 Å². The molecule has 2 aliphatic heterocycles. The molecule has 176 valence electrons. The van der Waals surface area contributed by atoms with Gasteiger partial charge in [0.25, 0.3) is 11.9 Å². The number of aromatic nitrogens is 3. The van der Waals surface area contributed by atoms with Crippen molar-refractivity contribution >= 4 is 34.4 Å². The van der Waals surface area contributed by atoms with Crippen LogP contribution in [-0.2, 0) is 4.74 Å². The number of aromatic amines is 1. The summed E-state index contributed by atoms with van der Waals surface area (Å²) in [5.41, 5.74) is 3.68. The molecule has 5 heterocycles. The maximum Gasteiger partial charge on any atom is 0.298 e. The first-order valence-electron chi connectivity index (χ1n) is 11.7. The van der Waals surface area contributed by atoms with E-state index in [1.54, 1.807) is 24.4 Å². The third-order valence-electron chi connectivity index (χ3n) is 6.30. The third-order valence-corrected chi connectivity index (χ3v) is 6.30. The zero-order valence-corrected chi connectivity index (χ0v) is 18.7. The van der Waals surface area contributed by atoms with Crippen LogP contribution in [0.25, 0.3) is 22.6 Å². The highest BCUT2D eigenvalue weighted by atomic mass is 16.5. The molecule has 34 heavy (non-hydrogen) atoms. The summed E-state index contributed by atoms with van der Waals surface area (Å²) < 4.78 is 17.3. The minimum Gasteiger partial charge on any atom is -0.449 e. The lowest BCUT2D eigenvalue weighted by Gasteiger charge is -2.30. The maximum absolute atomic E-state index is 13.1. The molecule has 0 radical (unpaired) electrons. The molecule has 2 fully saturated rings. The molecule has 3 aromatic heterocycles. The molecule has 1 amide bonds. The molecule has 2 N–H and O–H groups in total. The van der Waals surface area contributed by atoms with Gasteiger partial charge in [-0.15, -0.1) is 0 Å². The van der Waals surface area contributed by atoms with E-state index in [1.165, 1.54) is 6.42 Å². The van der Waals surface area contributed by atoms with Gasteiger partial charge in [-0.3, -0.25) is 9.89 Å². The van der Waals surface area contributed by atoms with Gasteiger partial charge >= 0.3 is 0 Å². The summed E-state index contributed by atoms with van der Waals surface area (Å²) in [5, 5.41) is 9.90. The van der Waals surface area contributed by atoms with Gasteiger partial charge < -0.3 is 28.7 Å². The number of H-pyrrole nitrogens is 1. The second-order valence-electron chi connectivity index (χ2n) is 8.56. The number of ether oxygens (including phenoxy) is 1. The van der Waals surface area contributed by atoms with Crippen molar-refractivity contribution in [2.45, 2.75) is 19.3 Å². The number of piperidine rings is 1. The summed E-state index contributed by atoms with van der Waals surface area (Å²) in [6, 6.07) is 9.65. The molecule has 4 aromatic rings. The number of morpholine rings is 1. The number of amides is 1. The number of nitrogens with one attached hydrogen (secondary N) is 2. The Morgan fingerprint density at radius 1 is 0.971 bits per heavy atom. The molecule has 0 unspecified atom stereocenters. The predicted molar refractivity (Wildman–Crippen MR) is 127 cm³/mol. The normalized spacial score (nSPS) is 16.8. The Balaban J connectivity index is 1.32. The summed E-state index contributed by atoms with van der Waals surface area (Å²) in [6.45, 7) is 4.67. The van der Waals surface area contributed by atoms with E-state index in [-0.39, 0.29) is 11.7 Å². The van der Waals surface area contributed by atoms with Crippen molar-refractivity contribution in [3.63, 3.8) is 0 Å². The van der Waals surface area contributed by atoms with Gasteiger partial charge in [-0.2, -0.15) is 10.1 Å². The average molecular weight is 463 g/mol. The number of rotatable bonds is 5. The van der Waals surface area contributed by atoms with E-state index in [0.29, 0.717) is 42.0 Å². The standard InChI is InChI=1S/C24H26N6O4/c31-23(21-5-4-20(33-21)16-6-7-25-28-16)26-17-15-22-18(14-19(17)29-8-2-1-3-9-29)27-24(34-22)30-10-12-32-13-11-30/h4-7,14-15H,1-3,8-13H2,(H,25,28)(H,26,31). The van der Waals surface area contributed by atoms with Crippen molar-refractivity contribution in [2.75, 3.05) is 54.5 Å². The number of anilines is 3. The SMILES string of the molecule is O=C(Nc1cc2oc(N3CCOCC3)nc2cc1N1CCCCC1)c1ccc(-c2cc[nH]n2)o1. The average Bonchev–Trinajstić information content (AvgIpc) is 3.65. The Morgan fingerprint density at radius 2 is 1.82 bits per heavy atom. The van der Waals surface area contributed by atoms with Gasteiger partial charge in [0.1, 0.15) is 11.2 Å². The number of oxazole rings is 1. The van der Waals surface area contributed by atoms with Crippen molar-refractivity contribution in [3.05, 3.63) is 42.3 Å². The van der Waals surface area contributed by atoms with Crippen molar-refractivity contribution in [2.24, 2.45) is 0 Å². The highest BCUT2D eigenvalue weighted by Crippen LogP contribution is 2.35. The maximum atomic E-state index is 13.1. The van der Waals surface area contributed by atoms with Crippen LogP contribution in [-0.4, -0.2) is 60.5 Å². The highest BCUT2D eigenvalue weighted by Gasteiger charge is 2.23. The van der Waals surface area contributed by atoms with Gasteiger partial charge in [0.2, 0.25) is 0 Å². The smallest absolute Gasteiger partial charge is 0.298 e. The first-order chi connectivity index (χ1) is 16.7. The van der Waals surface area contributed by atoms with Gasteiger partial charge in [-0.05, 0) is 43.5 Å². The first-order valence-corrected chi connectivity index (χ1v) is 11.7. The van der Waals surface area contributed by atoms with Crippen LogP contribution in [0.15, 0.2) is 45.4 Å². The lowest BCUT2D eigenvalue weighted by molar-refractivity contribution is 0.0997. The van der Waals surface area contributed by atoms with Crippen molar-refractivity contribution in [1.29, 1.82) is 0 Å². The predicted octanol–water partition coefficient (Wildman–Crippen LogP) is 3.89. The summed E-state index contributed by atoms with van der Waals surface area (Å²) in [7, 11) is 0. The number of benzene rings is 1. The summed E-state index contributed by atoms with van der Waals surface area (Å²) in [6.07, 6.45) is 5.16. The molecule has 1 aromatic carbocycles. The number of carbonyl (C=O) groups excluding carboxylic acids is 1. The van der Waals surface area contributed by atoms with Crippen LogP contribution in [0.3, 0.4) is 0 Å². The quantitative estimate of drug-likeness (QED) is 0.459. The molecule has 10 nitrogen and oxygen atoms in total. The fraction of sp³-hybridized carbons (Fsp3) is 0.375. The first kappa shape index (κ1) is 20.8. The molecular weight excluding hydrogens is 436 g/mol. The van der Waals surface area contributed by atoms with E-state index < -0.39 is 0 Å². The number of nitrogens with zero attached hydrogens (tertiary/aromatic N) is 4. The Kier molecular flexibility index (Phi) is 5.42. The molecule has 6 rings (SSSR count). The van der Waals surface area contributed by atoms with E-state index in [4.69, 9.17) is 18.6 Å². The molecule has 0 saturated carbocycles. The topological polar surface area (TPSA) is 113 Å². The molecule has 0 bridgehead atoms. The van der Waals surface area contributed by atoms with Gasteiger partial charge in [0, 0.05) is 38.4 Å². The lowest BCUT2D eigenvalue weighted by Crippen LogP contribution is -2.36. The second kappa shape index (κ2) is 8.86. The second-order valence-corrected chi connectivity index (χ2v) is 8.56. The van der Waals surface area contributed by atoms with Crippen LogP contribution < -0.4 is 15.1 Å². The zero-order valence-electron chi connectivity index (χ0n) is 18.7. The molecule has 0 aliphatic carbocycles. The van der Waals surface area contributed by atoms with Crippen LogP contribution in [0.1, 0.15) is 29.8 Å². The Bertz CT molecular complexity index is 1280. The lowest BCUT2D eigenvalue weighted by atomic mass is 10.1. The molecule has 0 spiro atoms. The van der Waals surface area contributed by atoms with Gasteiger partial charge in [0.05, 0.1) is 24.6 Å². The number of furan rings is 1. The Labute approximate surface area is 195 Å². The minimum absolute atomic E-state index is 0.217. The van der Waals surface area contributed by atoms with Gasteiger partial charge in [-0.1, -0.05) is 0 Å². The van der Waals surface area contributed by atoms with E-state index >= 15 is 0 Å². The van der Waals surface area contributed by atoms with Gasteiger partial charge in [-0.25, -0.2) is 0 Å². The minimum atomic E-state index is -0.327. The monoisotopic (exact) mass is 462 g/mol. The Morgan fingerprint density at radius 3 is 2.62 bits per heavy atom. The number of hydrogen-bond donors (Lipinski definition) is 2. The largest absolute Gasteiger partial charge is 0.449 e. The van der Waals surface area contributed by atoms with E-state index in [1.807, 2.05) is 12.1 Å². The molecule has 2 aliphatic rings. The van der Waals surface area contributed by atoms with E-state index in [9.17, 15) is 4.79 Å². The zero-order chi connectivity index (χ0) is 22.9. The van der Waals surface area contributed by atoms with Crippen LogP contribution in [0.4, 0.5) is 17.4 Å². The molecule has 10 heteroatoms. The van der Waals surface area contributed by atoms with Crippen LogP contribution in [0.5, 0.6) is 0 Å². The highest BCUT2D eigenvalue weighted by molar-refractivity contribution is 6.06. The molecule has 2 saturated heterocycles. The summed E-state index contributed by atoms with van der Waals surface area (Å²) in [5.74, 6) is 0.421. The summed E-state index contributed by atoms with van der Waals surface area (Å²) in [4.78, 5) is 22.2. The number of carbonyl (C=O) groups is 1. The fourth-order valence-electron chi connectivity index (χ4n) is 4.52. The van der Waals surface area contributed by atoms with Crippen molar-refractivity contribution in [3.8, 4) is 11.5 Å².